The van der Waals surface area contributed by atoms with Gasteiger partial charge in [-0.05, 0) is 31.1 Å². The van der Waals surface area contributed by atoms with E-state index in [9.17, 15) is 0 Å². The van der Waals surface area contributed by atoms with Gasteiger partial charge in [0.25, 0.3) is 0 Å². The number of hydrogen-bond donors (Lipinski definition) is 0. The van der Waals surface area contributed by atoms with E-state index in [2.05, 4.69) is 34.8 Å². The molecule has 3 heterocycles. The molecule has 6 unspecified atom stereocenters. The van der Waals surface area contributed by atoms with Crippen LogP contribution >= 0.6 is 6.49 Å². The molecule has 0 N–H and O–H groups in total. The van der Waals surface area contributed by atoms with E-state index in [0.29, 0.717) is 0 Å². The van der Waals surface area contributed by atoms with E-state index in [-0.39, 0.29) is 0 Å². The Morgan fingerprint density at radius 2 is 1.12 bits per heavy atom. The molecule has 6 atom stereocenters. The van der Waals surface area contributed by atoms with Crippen LogP contribution in [0.4, 0.5) is 0 Å². The minimum atomic E-state index is -1.49. The minimum absolute atomic E-state index is 0.789. The van der Waals surface area contributed by atoms with E-state index in [1.807, 2.05) is 0 Å². The molecule has 0 aromatic heterocycles. The third kappa shape index (κ3) is 1.93. The number of nitrogens with zero attached hydrogens (tertiary/aromatic N) is 3. The predicted molar refractivity (Wildman–Crippen MR) is 76.6 cm³/mol. The van der Waals surface area contributed by atoms with E-state index in [1.54, 1.807) is 0 Å². The first-order chi connectivity index (χ1) is 8.16. The molecule has 3 rings (SSSR count). The summed E-state index contributed by atoms with van der Waals surface area (Å²) >= 11 is 6.18. The quantitative estimate of drug-likeness (QED) is 0.543. The standard InChI is InChI=1S/C12H24N3PS/c1-4-10-7-13(10)16(17,14-8-11(14)5-2)15-9-12(15)6-3/h10-12H,4-9H2,1-3H3. The van der Waals surface area contributed by atoms with Gasteiger partial charge in [0.05, 0.1) is 0 Å². The van der Waals surface area contributed by atoms with Crippen LogP contribution in [0.3, 0.4) is 0 Å². The molecule has 5 heteroatoms. The molecular weight excluding hydrogens is 249 g/mol. The Morgan fingerprint density at radius 1 is 0.824 bits per heavy atom. The van der Waals surface area contributed by atoms with Crippen molar-refractivity contribution < 1.29 is 0 Å². The normalized spacial score (nSPS) is 50.8. The maximum atomic E-state index is 6.18. The Labute approximate surface area is 110 Å². The molecule has 0 spiro atoms. The van der Waals surface area contributed by atoms with Gasteiger partial charge in [-0.1, -0.05) is 20.8 Å². The second-order valence-electron chi connectivity index (χ2n) is 5.57. The third-order valence-corrected chi connectivity index (χ3v) is 9.84. The average Bonchev–Trinajstić information content (AvgIpc) is 3.25. The molecule has 0 aromatic carbocycles. The molecule has 3 saturated heterocycles. The number of rotatable bonds is 6. The third-order valence-electron chi connectivity index (χ3n) is 4.47. The van der Waals surface area contributed by atoms with Crippen LogP contribution in [-0.4, -0.2) is 51.8 Å². The summed E-state index contributed by atoms with van der Waals surface area (Å²) in [5, 5.41) is 0. The van der Waals surface area contributed by atoms with Gasteiger partial charge < -0.3 is 0 Å². The molecule has 0 amide bonds. The highest BCUT2D eigenvalue weighted by Crippen LogP contribution is 2.71. The van der Waals surface area contributed by atoms with Crippen LogP contribution in [-0.2, 0) is 11.8 Å². The van der Waals surface area contributed by atoms with Gasteiger partial charge in [-0.25, -0.2) is 14.0 Å². The van der Waals surface area contributed by atoms with Gasteiger partial charge in [0.2, 0.25) is 0 Å². The topological polar surface area (TPSA) is 9.03 Å². The first-order valence-electron chi connectivity index (χ1n) is 7.08. The van der Waals surface area contributed by atoms with Crippen molar-refractivity contribution in [2.45, 2.75) is 58.2 Å². The molecule has 0 saturated carbocycles. The second kappa shape index (κ2) is 4.28. The van der Waals surface area contributed by atoms with E-state index in [0.717, 1.165) is 18.1 Å². The summed E-state index contributed by atoms with van der Waals surface area (Å²) in [6.45, 7) is 9.17. The molecule has 3 aliphatic rings. The van der Waals surface area contributed by atoms with Crippen molar-refractivity contribution in [2.75, 3.05) is 19.6 Å². The molecule has 98 valence electrons. The van der Waals surface area contributed by atoms with Crippen LogP contribution < -0.4 is 0 Å². The molecule has 0 bridgehead atoms. The zero-order valence-electron chi connectivity index (χ0n) is 11.2. The first-order valence-corrected chi connectivity index (χ1v) is 9.74. The molecule has 0 radical (unpaired) electrons. The van der Waals surface area contributed by atoms with Gasteiger partial charge in [0, 0.05) is 37.8 Å². The Balaban J connectivity index is 1.76. The van der Waals surface area contributed by atoms with E-state index < -0.39 is 6.49 Å². The van der Waals surface area contributed by atoms with Crippen molar-refractivity contribution in [1.29, 1.82) is 0 Å². The van der Waals surface area contributed by atoms with E-state index in [4.69, 9.17) is 11.8 Å². The summed E-state index contributed by atoms with van der Waals surface area (Å²) in [6.07, 6.45) is 3.81. The monoisotopic (exact) mass is 273 g/mol. The lowest BCUT2D eigenvalue weighted by molar-refractivity contribution is 0.594. The van der Waals surface area contributed by atoms with Crippen molar-refractivity contribution in [2.24, 2.45) is 0 Å². The van der Waals surface area contributed by atoms with Crippen molar-refractivity contribution in [1.82, 2.24) is 14.0 Å². The van der Waals surface area contributed by atoms with Gasteiger partial charge >= 0.3 is 0 Å². The summed E-state index contributed by atoms with van der Waals surface area (Å²) < 4.78 is 7.94. The molecule has 3 nitrogen and oxygen atoms in total. The minimum Gasteiger partial charge on any atom is -0.246 e. The fourth-order valence-electron chi connectivity index (χ4n) is 2.93. The maximum absolute atomic E-state index is 6.18. The summed E-state index contributed by atoms with van der Waals surface area (Å²) in [5.41, 5.74) is 0. The molecule has 0 aromatic rings. The lowest BCUT2D eigenvalue weighted by atomic mass is 10.4. The first kappa shape index (κ1) is 12.6. The highest BCUT2D eigenvalue weighted by molar-refractivity contribution is 8.11. The summed E-state index contributed by atoms with van der Waals surface area (Å²) in [7, 11) is 0. The highest BCUT2D eigenvalue weighted by Gasteiger charge is 2.60. The molecule has 3 fully saturated rings. The van der Waals surface area contributed by atoms with Crippen molar-refractivity contribution >= 4 is 18.3 Å². The van der Waals surface area contributed by atoms with Crippen LogP contribution in [0, 0.1) is 0 Å². The predicted octanol–water partition coefficient (Wildman–Crippen LogP) is 2.49. The fraction of sp³-hybridized carbons (Fsp3) is 1.00. The van der Waals surface area contributed by atoms with Crippen LogP contribution in [0.15, 0.2) is 0 Å². The zero-order valence-corrected chi connectivity index (χ0v) is 12.9. The van der Waals surface area contributed by atoms with Crippen molar-refractivity contribution in [3.63, 3.8) is 0 Å². The van der Waals surface area contributed by atoms with Crippen LogP contribution in [0.5, 0.6) is 0 Å². The summed E-state index contributed by atoms with van der Waals surface area (Å²) in [5.74, 6) is 0. The van der Waals surface area contributed by atoms with Crippen molar-refractivity contribution in [3.05, 3.63) is 0 Å². The lowest BCUT2D eigenvalue weighted by Crippen LogP contribution is -2.16. The average molecular weight is 273 g/mol. The van der Waals surface area contributed by atoms with Crippen molar-refractivity contribution in [3.8, 4) is 0 Å². The maximum Gasteiger partial charge on any atom is 0.146 e. The Hall–Kier alpha value is 0.530. The van der Waals surface area contributed by atoms with Crippen LogP contribution in [0.25, 0.3) is 0 Å². The highest BCUT2D eigenvalue weighted by atomic mass is 32.4. The summed E-state index contributed by atoms with van der Waals surface area (Å²) in [4.78, 5) is 0. The Bertz CT molecular complexity index is 309. The molecule has 17 heavy (non-hydrogen) atoms. The van der Waals surface area contributed by atoms with Gasteiger partial charge in [0.1, 0.15) is 6.49 Å². The van der Waals surface area contributed by atoms with Gasteiger partial charge in [-0.2, -0.15) is 0 Å². The molecule has 3 aliphatic heterocycles. The van der Waals surface area contributed by atoms with E-state index >= 15 is 0 Å². The van der Waals surface area contributed by atoms with Crippen LogP contribution in [0.1, 0.15) is 40.0 Å². The fourth-order valence-corrected chi connectivity index (χ4v) is 8.58. The largest absolute Gasteiger partial charge is 0.246 e. The zero-order chi connectivity index (χ0) is 12.2. The molecular formula is C12H24N3PS. The second-order valence-corrected chi connectivity index (χ2v) is 9.60. The summed E-state index contributed by atoms with van der Waals surface area (Å²) in [6, 6.07) is 2.37. The van der Waals surface area contributed by atoms with Gasteiger partial charge in [-0.15, -0.1) is 0 Å². The molecule has 0 aliphatic carbocycles. The SMILES string of the molecule is CCC1CN1P(=S)(N1CC1CC)N1CC1CC. The Kier molecular flexibility index (Phi) is 3.16. The lowest BCUT2D eigenvalue weighted by Gasteiger charge is -2.28. The smallest absolute Gasteiger partial charge is 0.146 e. The van der Waals surface area contributed by atoms with E-state index in [1.165, 1.54) is 38.9 Å². The van der Waals surface area contributed by atoms with Crippen LogP contribution in [0.2, 0.25) is 0 Å². The number of hydrogen-bond acceptors (Lipinski definition) is 1. The van der Waals surface area contributed by atoms with Gasteiger partial charge in [-0.3, -0.25) is 0 Å². The van der Waals surface area contributed by atoms with Gasteiger partial charge in [0.15, 0.2) is 0 Å². The Morgan fingerprint density at radius 3 is 1.29 bits per heavy atom.